The molecule has 0 aliphatic carbocycles. The third-order valence-electron chi connectivity index (χ3n) is 6.30. The van der Waals surface area contributed by atoms with Gasteiger partial charge in [0.1, 0.15) is 21.5 Å². The molecule has 0 saturated carbocycles. The molecule has 0 bridgehead atoms. The van der Waals surface area contributed by atoms with Crippen LogP contribution in [-0.4, -0.2) is 30.8 Å². The highest BCUT2D eigenvalue weighted by Gasteiger charge is 2.30. The van der Waals surface area contributed by atoms with E-state index >= 15 is 0 Å². The van der Waals surface area contributed by atoms with Crippen LogP contribution in [0.1, 0.15) is 87.7 Å². The maximum absolute atomic E-state index is 13.2. The van der Waals surface area contributed by atoms with Crippen molar-refractivity contribution in [2.75, 3.05) is 10.6 Å². The third kappa shape index (κ3) is 7.55. The number of imidazole rings is 1. The number of fused-ring (bicyclic) bond motifs is 1. The number of hydrogen-bond donors (Lipinski definition) is 3. The average molecular weight is 588 g/mol. The number of rotatable bonds is 9. The fourth-order valence-corrected chi connectivity index (χ4v) is 5.79. The largest absolute Gasteiger partial charge is 0.416 e. The molecule has 1 atom stereocenters. The fourth-order valence-electron chi connectivity index (χ4n) is 4.95. The molecule has 8 nitrogen and oxygen atoms in total. The minimum Gasteiger partial charge on any atom is -0.365 e. The number of alkyl halides is 3. The molecule has 1 unspecified atom stereocenters. The number of hydrogen-bond acceptors (Lipinski definition) is 7. The second kappa shape index (κ2) is 11.3. The van der Waals surface area contributed by atoms with E-state index in [-0.39, 0.29) is 22.6 Å². The van der Waals surface area contributed by atoms with Crippen LogP contribution in [0.25, 0.3) is 5.65 Å². The van der Waals surface area contributed by atoms with E-state index in [0.717, 1.165) is 36.5 Å². The lowest BCUT2D eigenvalue weighted by molar-refractivity contribution is -0.137. The molecule has 0 saturated heterocycles. The molecule has 4 aromatic rings. The van der Waals surface area contributed by atoms with Crippen molar-refractivity contribution in [3.8, 4) is 0 Å². The highest BCUT2D eigenvalue weighted by atomic mass is 32.1. The fraction of sp³-hybridized carbons (Fsp3) is 0.448. The Kier molecular flexibility index (Phi) is 8.35. The molecular formula is C29H36F3N7OS. The van der Waals surface area contributed by atoms with Gasteiger partial charge in [-0.3, -0.25) is 9.20 Å². The van der Waals surface area contributed by atoms with Gasteiger partial charge in [-0.2, -0.15) is 13.2 Å². The zero-order valence-corrected chi connectivity index (χ0v) is 25.1. The van der Waals surface area contributed by atoms with Crippen molar-refractivity contribution in [1.29, 1.82) is 0 Å². The summed E-state index contributed by atoms with van der Waals surface area (Å²) in [5.74, 6) is 0.485. The normalized spacial score (nSPS) is 13.3. The Morgan fingerprint density at radius 3 is 2.34 bits per heavy atom. The number of anilines is 3. The van der Waals surface area contributed by atoms with Crippen molar-refractivity contribution in [3.05, 3.63) is 64.8 Å². The first-order chi connectivity index (χ1) is 19.0. The van der Waals surface area contributed by atoms with Gasteiger partial charge in [-0.25, -0.2) is 15.0 Å². The van der Waals surface area contributed by atoms with Crippen LogP contribution in [0.15, 0.2) is 42.9 Å². The minimum absolute atomic E-state index is 0.120. The number of thiazole rings is 1. The van der Waals surface area contributed by atoms with E-state index in [9.17, 15) is 18.0 Å². The smallest absolute Gasteiger partial charge is 0.365 e. The van der Waals surface area contributed by atoms with Crippen LogP contribution in [0, 0.1) is 5.41 Å². The van der Waals surface area contributed by atoms with Gasteiger partial charge in [-0.05, 0) is 63.3 Å². The van der Waals surface area contributed by atoms with Gasteiger partial charge in [0.15, 0.2) is 5.65 Å². The predicted molar refractivity (Wildman–Crippen MR) is 157 cm³/mol. The zero-order valence-electron chi connectivity index (χ0n) is 24.3. The minimum atomic E-state index is -4.39. The van der Waals surface area contributed by atoms with Crippen LogP contribution in [0.4, 0.5) is 29.7 Å². The summed E-state index contributed by atoms with van der Waals surface area (Å²) in [7, 11) is 0. The second-order valence-electron chi connectivity index (χ2n) is 12.0. The lowest BCUT2D eigenvalue weighted by Gasteiger charge is -2.34. The highest BCUT2D eigenvalue weighted by molar-refractivity contribution is 7.15. The van der Waals surface area contributed by atoms with Gasteiger partial charge in [0.2, 0.25) is 0 Å². The summed E-state index contributed by atoms with van der Waals surface area (Å²) in [5, 5.41) is 10.9. The van der Waals surface area contributed by atoms with Crippen molar-refractivity contribution in [2.45, 2.75) is 79.1 Å². The Morgan fingerprint density at radius 1 is 1.05 bits per heavy atom. The Balaban J connectivity index is 1.48. The quantitative estimate of drug-likeness (QED) is 0.186. The van der Waals surface area contributed by atoms with Crippen molar-refractivity contribution in [2.24, 2.45) is 5.41 Å². The number of amides is 1. The molecule has 0 aliphatic rings. The van der Waals surface area contributed by atoms with Gasteiger partial charge < -0.3 is 16.0 Å². The number of aromatic nitrogens is 4. The number of benzene rings is 1. The lowest BCUT2D eigenvalue weighted by atomic mass is 9.82. The van der Waals surface area contributed by atoms with E-state index in [4.69, 9.17) is 4.98 Å². The second-order valence-corrected chi connectivity index (χ2v) is 13.0. The first-order valence-corrected chi connectivity index (χ1v) is 14.2. The summed E-state index contributed by atoms with van der Waals surface area (Å²) in [4.78, 5) is 26.6. The SMILES string of the molecule is CCc1nc2cnc(C(=O)NC(C)c3ncc(Nc4ccc(C(F)(F)F)cc4)s3)cn2c1NC(C)(C)CC(C)(C)C. The van der Waals surface area contributed by atoms with Crippen LogP contribution in [0.3, 0.4) is 0 Å². The average Bonchev–Trinajstić information content (AvgIpc) is 3.46. The van der Waals surface area contributed by atoms with E-state index in [1.54, 1.807) is 18.6 Å². The van der Waals surface area contributed by atoms with Crippen molar-refractivity contribution in [3.63, 3.8) is 0 Å². The molecule has 3 aromatic heterocycles. The van der Waals surface area contributed by atoms with Gasteiger partial charge in [0.25, 0.3) is 5.91 Å². The van der Waals surface area contributed by atoms with E-state index in [1.807, 2.05) is 18.2 Å². The van der Waals surface area contributed by atoms with Crippen LogP contribution in [0.2, 0.25) is 0 Å². The molecule has 3 N–H and O–H groups in total. The van der Waals surface area contributed by atoms with Crippen LogP contribution in [-0.2, 0) is 12.6 Å². The van der Waals surface area contributed by atoms with Crippen molar-refractivity contribution in [1.82, 2.24) is 24.7 Å². The molecule has 3 heterocycles. The molecule has 0 radical (unpaired) electrons. The van der Waals surface area contributed by atoms with E-state index in [2.05, 4.69) is 60.5 Å². The standard InChI is InChI=1S/C29H36F3N7OS/c1-8-20-24(38-28(6,7)16-27(3,4)5)39-15-21(33-13-22(39)37-20)25(40)35-17(2)26-34-14-23(41-26)36-19-11-9-18(10-12-19)29(30,31)32/h9-15,17,36,38H,8,16H2,1-7H3,(H,35,40). The predicted octanol–water partition coefficient (Wildman–Crippen LogP) is 7.63. The number of halogens is 3. The number of nitrogens with zero attached hydrogens (tertiary/aromatic N) is 4. The van der Waals surface area contributed by atoms with Crippen LogP contribution >= 0.6 is 11.3 Å². The summed E-state index contributed by atoms with van der Waals surface area (Å²) in [6.45, 7) is 14.8. The van der Waals surface area contributed by atoms with E-state index in [1.165, 1.54) is 23.5 Å². The monoisotopic (exact) mass is 587 g/mol. The summed E-state index contributed by atoms with van der Waals surface area (Å²) in [5.41, 5.74) is 1.49. The molecule has 0 spiro atoms. The van der Waals surface area contributed by atoms with Gasteiger partial charge in [-0.15, -0.1) is 0 Å². The number of carbonyl (C=O) groups excluding carboxylic acids is 1. The lowest BCUT2D eigenvalue weighted by Crippen LogP contribution is -2.36. The summed E-state index contributed by atoms with van der Waals surface area (Å²) in [6.07, 6.45) is 2.13. The first kappa shape index (κ1) is 30.3. The maximum atomic E-state index is 13.2. The summed E-state index contributed by atoms with van der Waals surface area (Å²) < 4.78 is 40.4. The molecule has 0 fully saturated rings. The Labute approximate surface area is 241 Å². The molecule has 220 valence electrons. The van der Waals surface area contributed by atoms with E-state index < -0.39 is 17.8 Å². The van der Waals surface area contributed by atoms with Gasteiger partial charge in [-0.1, -0.05) is 39.0 Å². The highest BCUT2D eigenvalue weighted by Crippen LogP contribution is 2.33. The Morgan fingerprint density at radius 2 is 1.73 bits per heavy atom. The molecule has 1 amide bonds. The molecule has 0 aliphatic heterocycles. The Bertz CT molecular complexity index is 1520. The van der Waals surface area contributed by atoms with Gasteiger partial charge >= 0.3 is 6.18 Å². The van der Waals surface area contributed by atoms with Crippen LogP contribution < -0.4 is 16.0 Å². The zero-order chi connectivity index (χ0) is 30.2. The maximum Gasteiger partial charge on any atom is 0.416 e. The van der Waals surface area contributed by atoms with Gasteiger partial charge in [0, 0.05) is 17.4 Å². The van der Waals surface area contributed by atoms with Crippen LogP contribution in [0.5, 0.6) is 0 Å². The Hall–Kier alpha value is -3.67. The number of nitrogens with one attached hydrogen (secondary N) is 3. The van der Waals surface area contributed by atoms with E-state index in [0.29, 0.717) is 21.3 Å². The topological polar surface area (TPSA) is 96.2 Å². The molecule has 12 heteroatoms. The molecule has 1 aromatic carbocycles. The van der Waals surface area contributed by atoms with Gasteiger partial charge in [0.05, 0.1) is 29.7 Å². The first-order valence-electron chi connectivity index (χ1n) is 13.4. The van der Waals surface area contributed by atoms with Crippen molar-refractivity contribution >= 4 is 39.4 Å². The summed E-state index contributed by atoms with van der Waals surface area (Å²) >= 11 is 1.30. The summed E-state index contributed by atoms with van der Waals surface area (Å²) in [6, 6.07) is 4.34. The number of carbonyl (C=O) groups is 1. The molecule has 4 rings (SSSR count). The number of aryl methyl sites for hydroxylation is 1. The van der Waals surface area contributed by atoms with Crippen molar-refractivity contribution < 1.29 is 18.0 Å². The molecular weight excluding hydrogens is 551 g/mol. The third-order valence-corrected chi connectivity index (χ3v) is 7.39. The molecule has 41 heavy (non-hydrogen) atoms.